The number of nitrogen functional groups attached to an aromatic ring is 1. The molecule has 0 aliphatic rings. The second kappa shape index (κ2) is 6.70. The molecule has 0 aromatic carbocycles. The average molecular weight is 316 g/mol. The highest BCUT2D eigenvalue weighted by atomic mass is 79.9. The molecule has 1 aromatic rings. The van der Waals surface area contributed by atoms with Gasteiger partial charge in [-0.25, -0.2) is 4.98 Å². The number of carbonyl (C=O) groups excluding carboxylic acids is 1. The van der Waals surface area contributed by atoms with Crippen molar-refractivity contribution < 1.29 is 9.90 Å². The molecule has 0 bridgehead atoms. The number of halogens is 1. The maximum Gasteiger partial charge on any atom is 0.257 e. The van der Waals surface area contributed by atoms with Gasteiger partial charge in [0.25, 0.3) is 5.91 Å². The summed E-state index contributed by atoms with van der Waals surface area (Å²) in [5, 5.41) is 8.87. The number of nitrogens with zero attached hydrogens (tertiary/aromatic N) is 2. The molecule has 0 unspecified atom stereocenters. The number of hydrogen-bond acceptors (Lipinski definition) is 4. The highest BCUT2D eigenvalue weighted by molar-refractivity contribution is 9.10. The Morgan fingerprint density at radius 1 is 1.61 bits per heavy atom. The van der Waals surface area contributed by atoms with Crippen LogP contribution in [0, 0.1) is 0 Å². The van der Waals surface area contributed by atoms with Gasteiger partial charge in [0.2, 0.25) is 0 Å². The largest absolute Gasteiger partial charge is 0.396 e. The summed E-state index contributed by atoms with van der Waals surface area (Å²) >= 11 is 3.27. The zero-order chi connectivity index (χ0) is 13.7. The maximum absolute atomic E-state index is 12.4. The molecular weight excluding hydrogens is 298 g/mol. The van der Waals surface area contributed by atoms with Crippen molar-refractivity contribution in [2.24, 2.45) is 0 Å². The van der Waals surface area contributed by atoms with E-state index in [0.717, 1.165) is 0 Å². The molecule has 1 aromatic heterocycles. The molecule has 0 aliphatic heterocycles. The summed E-state index contributed by atoms with van der Waals surface area (Å²) in [7, 11) is 0. The standard InChI is InChI=1S/C12H18BrN3O2/c1-8(2)16(4-3-5-17)12(18)10-6-9(13)7-15-11(10)14/h6-8,17H,3-5H2,1-2H3,(H2,14,15). The Bertz CT molecular complexity index is 424. The molecule has 100 valence electrons. The fourth-order valence-electron chi connectivity index (χ4n) is 1.61. The van der Waals surface area contributed by atoms with Crippen LogP contribution in [0.1, 0.15) is 30.6 Å². The van der Waals surface area contributed by atoms with Gasteiger partial charge in [0.1, 0.15) is 5.82 Å². The number of carbonyl (C=O) groups is 1. The topological polar surface area (TPSA) is 79.5 Å². The van der Waals surface area contributed by atoms with Gasteiger partial charge in [-0.3, -0.25) is 4.79 Å². The third-order valence-corrected chi connectivity index (χ3v) is 2.99. The van der Waals surface area contributed by atoms with Gasteiger partial charge in [-0.1, -0.05) is 0 Å². The summed E-state index contributed by atoms with van der Waals surface area (Å²) in [6, 6.07) is 1.71. The number of aliphatic hydroxyl groups excluding tert-OH is 1. The van der Waals surface area contributed by atoms with E-state index in [0.29, 0.717) is 23.0 Å². The molecule has 0 saturated carbocycles. The van der Waals surface area contributed by atoms with E-state index in [1.54, 1.807) is 17.2 Å². The van der Waals surface area contributed by atoms with Crippen molar-refractivity contribution >= 4 is 27.7 Å². The monoisotopic (exact) mass is 315 g/mol. The zero-order valence-electron chi connectivity index (χ0n) is 10.6. The fourth-order valence-corrected chi connectivity index (χ4v) is 1.94. The van der Waals surface area contributed by atoms with E-state index in [4.69, 9.17) is 10.8 Å². The Morgan fingerprint density at radius 2 is 2.28 bits per heavy atom. The Hall–Kier alpha value is -1.14. The van der Waals surface area contributed by atoms with Gasteiger partial charge < -0.3 is 15.7 Å². The van der Waals surface area contributed by atoms with Crippen LogP contribution in [-0.4, -0.2) is 40.1 Å². The number of aromatic nitrogens is 1. The summed E-state index contributed by atoms with van der Waals surface area (Å²) in [4.78, 5) is 18.0. The van der Waals surface area contributed by atoms with Gasteiger partial charge in [-0.2, -0.15) is 0 Å². The molecule has 0 fully saturated rings. The number of nitrogens with two attached hydrogens (primary N) is 1. The lowest BCUT2D eigenvalue weighted by molar-refractivity contribution is 0.0694. The SMILES string of the molecule is CC(C)N(CCCO)C(=O)c1cc(Br)cnc1N. The van der Waals surface area contributed by atoms with Crippen LogP contribution in [0.5, 0.6) is 0 Å². The minimum Gasteiger partial charge on any atom is -0.396 e. The molecule has 0 aliphatic carbocycles. The van der Waals surface area contributed by atoms with E-state index < -0.39 is 0 Å². The predicted octanol–water partition coefficient (Wildman–Crippen LogP) is 1.66. The summed E-state index contributed by atoms with van der Waals surface area (Å²) < 4.78 is 0.714. The van der Waals surface area contributed by atoms with Crippen LogP contribution in [0.15, 0.2) is 16.7 Å². The second-order valence-corrected chi connectivity index (χ2v) is 5.17. The van der Waals surface area contributed by atoms with Crippen molar-refractivity contribution in [1.82, 2.24) is 9.88 Å². The van der Waals surface area contributed by atoms with Crippen molar-refractivity contribution in [3.05, 3.63) is 22.3 Å². The Labute approximate surface area is 115 Å². The Kier molecular flexibility index (Phi) is 5.55. The normalized spacial score (nSPS) is 10.7. The predicted molar refractivity (Wildman–Crippen MR) is 74.2 cm³/mol. The minimum absolute atomic E-state index is 0.0439. The van der Waals surface area contributed by atoms with Crippen LogP contribution < -0.4 is 5.73 Å². The summed E-state index contributed by atoms with van der Waals surface area (Å²) in [6.07, 6.45) is 2.10. The average Bonchev–Trinajstić information content (AvgIpc) is 2.32. The van der Waals surface area contributed by atoms with Crippen molar-refractivity contribution in [2.45, 2.75) is 26.3 Å². The van der Waals surface area contributed by atoms with Crippen LogP contribution in [0.3, 0.4) is 0 Å². The summed E-state index contributed by atoms with van der Waals surface area (Å²) in [6.45, 7) is 4.41. The van der Waals surface area contributed by atoms with Crippen LogP contribution in [0.25, 0.3) is 0 Å². The van der Waals surface area contributed by atoms with Gasteiger partial charge in [0, 0.05) is 29.9 Å². The van der Waals surface area contributed by atoms with E-state index in [9.17, 15) is 4.79 Å². The molecule has 1 heterocycles. The number of aliphatic hydroxyl groups is 1. The molecule has 0 radical (unpaired) electrons. The minimum atomic E-state index is -0.162. The first-order valence-corrected chi connectivity index (χ1v) is 6.59. The molecule has 3 N–H and O–H groups in total. The molecule has 0 atom stereocenters. The highest BCUT2D eigenvalue weighted by Crippen LogP contribution is 2.18. The van der Waals surface area contributed by atoms with E-state index in [-0.39, 0.29) is 24.4 Å². The molecule has 0 saturated heterocycles. The van der Waals surface area contributed by atoms with Crippen LogP contribution in [-0.2, 0) is 0 Å². The fraction of sp³-hybridized carbons (Fsp3) is 0.500. The number of amides is 1. The van der Waals surface area contributed by atoms with Crippen molar-refractivity contribution in [3.63, 3.8) is 0 Å². The second-order valence-electron chi connectivity index (χ2n) is 4.26. The van der Waals surface area contributed by atoms with Crippen molar-refractivity contribution in [3.8, 4) is 0 Å². The van der Waals surface area contributed by atoms with E-state index in [2.05, 4.69) is 20.9 Å². The van der Waals surface area contributed by atoms with Gasteiger partial charge in [-0.05, 0) is 42.3 Å². The quantitative estimate of drug-likeness (QED) is 0.866. The molecule has 6 heteroatoms. The Morgan fingerprint density at radius 3 is 2.83 bits per heavy atom. The van der Waals surface area contributed by atoms with Gasteiger partial charge in [0.15, 0.2) is 0 Å². The number of rotatable bonds is 5. The highest BCUT2D eigenvalue weighted by Gasteiger charge is 2.21. The van der Waals surface area contributed by atoms with Crippen LogP contribution >= 0.6 is 15.9 Å². The number of anilines is 1. The zero-order valence-corrected chi connectivity index (χ0v) is 12.1. The van der Waals surface area contributed by atoms with Crippen LogP contribution in [0.4, 0.5) is 5.82 Å². The molecule has 5 nitrogen and oxygen atoms in total. The van der Waals surface area contributed by atoms with E-state index in [1.807, 2.05) is 13.8 Å². The first-order valence-electron chi connectivity index (χ1n) is 5.80. The summed E-state index contributed by atoms with van der Waals surface area (Å²) in [5.74, 6) is 0.0580. The van der Waals surface area contributed by atoms with Crippen molar-refractivity contribution in [1.29, 1.82) is 0 Å². The third-order valence-electron chi connectivity index (χ3n) is 2.56. The lowest BCUT2D eigenvalue weighted by Gasteiger charge is -2.27. The lowest BCUT2D eigenvalue weighted by atomic mass is 10.2. The smallest absolute Gasteiger partial charge is 0.257 e. The third kappa shape index (κ3) is 3.68. The molecular formula is C12H18BrN3O2. The van der Waals surface area contributed by atoms with Gasteiger partial charge in [0.05, 0.1) is 5.56 Å². The van der Waals surface area contributed by atoms with E-state index >= 15 is 0 Å². The van der Waals surface area contributed by atoms with Gasteiger partial charge in [-0.15, -0.1) is 0 Å². The molecule has 1 rings (SSSR count). The molecule has 18 heavy (non-hydrogen) atoms. The maximum atomic E-state index is 12.4. The number of pyridine rings is 1. The lowest BCUT2D eigenvalue weighted by Crippen LogP contribution is -2.38. The first-order chi connectivity index (χ1) is 8.47. The first kappa shape index (κ1) is 14.9. The molecule has 1 amide bonds. The van der Waals surface area contributed by atoms with Gasteiger partial charge >= 0.3 is 0 Å². The van der Waals surface area contributed by atoms with Crippen LogP contribution in [0.2, 0.25) is 0 Å². The van der Waals surface area contributed by atoms with E-state index in [1.165, 1.54) is 0 Å². The van der Waals surface area contributed by atoms with Crippen molar-refractivity contribution in [2.75, 3.05) is 18.9 Å². The number of hydrogen-bond donors (Lipinski definition) is 2. The Balaban J connectivity index is 2.98. The molecule has 0 spiro atoms. The summed E-state index contributed by atoms with van der Waals surface area (Å²) in [5.41, 5.74) is 6.11.